The van der Waals surface area contributed by atoms with Crippen molar-refractivity contribution in [1.82, 2.24) is 15.5 Å². The molecular formula is C20H15N3O2. The van der Waals surface area contributed by atoms with Crippen LogP contribution in [0.3, 0.4) is 0 Å². The van der Waals surface area contributed by atoms with Gasteiger partial charge in [-0.2, -0.15) is 0 Å². The number of nitrogens with one attached hydrogen (secondary N) is 1. The Labute approximate surface area is 144 Å². The number of rotatable bonds is 4. The van der Waals surface area contributed by atoms with Crippen LogP contribution >= 0.6 is 0 Å². The fourth-order valence-electron chi connectivity index (χ4n) is 2.67. The quantitative estimate of drug-likeness (QED) is 0.618. The van der Waals surface area contributed by atoms with Crippen LogP contribution in [0, 0.1) is 0 Å². The van der Waals surface area contributed by atoms with E-state index in [9.17, 15) is 4.79 Å². The van der Waals surface area contributed by atoms with E-state index in [0.717, 1.165) is 22.0 Å². The average molecular weight is 329 g/mol. The van der Waals surface area contributed by atoms with Gasteiger partial charge in [0.1, 0.15) is 5.52 Å². The zero-order chi connectivity index (χ0) is 17.1. The summed E-state index contributed by atoms with van der Waals surface area (Å²) in [5.74, 6) is 0.526. The average Bonchev–Trinajstić information content (AvgIpc) is 3.11. The first-order valence-corrected chi connectivity index (χ1v) is 7.93. The first kappa shape index (κ1) is 15.1. The lowest BCUT2D eigenvalue weighted by Crippen LogP contribution is -2.22. The van der Waals surface area contributed by atoms with Crippen LogP contribution in [0.5, 0.6) is 0 Å². The number of benzene rings is 2. The molecular weight excluding hydrogens is 314 g/mol. The molecule has 0 bridgehead atoms. The van der Waals surface area contributed by atoms with Gasteiger partial charge < -0.3 is 9.84 Å². The third-order valence-electron chi connectivity index (χ3n) is 3.98. The minimum atomic E-state index is -0.140. The van der Waals surface area contributed by atoms with Gasteiger partial charge in [-0.25, -0.2) is 0 Å². The molecule has 0 unspecified atom stereocenters. The summed E-state index contributed by atoms with van der Waals surface area (Å²) in [6.45, 7) is 0.453. The van der Waals surface area contributed by atoms with Crippen molar-refractivity contribution in [2.75, 3.05) is 0 Å². The molecule has 4 rings (SSSR count). The number of pyridine rings is 1. The van der Waals surface area contributed by atoms with Crippen LogP contribution in [0.25, 0.3) is 22.2 Å². The van der Waals surface area contributed by atoms with E-state index in [0.29, 0.717) is 17.9 Å². The Morgan fingerprint density at radius 2 is 1.80 bits per heavy atom. The van der Waals surface area contributed by atoms with Crippen molar-refractivity contribution in [2.45, 2.75) is 6.54 Å². The Morgan fingerprint density at radius 3 is 2.60 bits per heavy atom. The van der Waals surface area contributed by atoms with E-state index < -0.39 is 0 Å². The molecule has 1 N–H and O–H groups in total. The van der Waals surface area contributed by atoms with Gasteiger partial charge in [0, 0.05) is 30.1 Å². The highest BCUT2D eigenvalue weighted by atomic mass is 16.5. The Bertz CT molecular complexity index is 1010. The second-order valence-electron chi connectivity index (χ2n) is 5.65. The predicted molar refractivity (Wildman–Crippen MR) is 94.9 cm³/mol. The van der Waals surface area contributed by atoms with Crippen molar-refractivity contribution < 1.29 is 9.32 Å². The Kier molecular flexibility index (Phi) is 3.96. The highest BCUT2D eigenvalue weighted by molar-refractivity contribution is 6.00. The van der Waals surface area contributed by atoms with E-state index in [1.54, 1.807) is 24.5 Å². The van der Waals surface area contributed by atoms with Gasteiger partial charge in [-0.05, 0) is 35.9 Å². The normalized spacial score (nSPS) is 10.7. The van der Waals surface area contributed by atoms with E-state index >= 15 is 0 Å². The third-order valence-corrected chi connectivity index (χ3v) is 3.98. The number of carbonyl (C=O) groups excluding carboxylic acids is 1. The van der Waals surface area contributed by atoms with E-state index in [1.165, 1.54) is 0 Å². The molecule has 0 saturated carbocycles. The molecule has 4 aromatic rings. The Hall–Kier alpha value is -3.47. The van der Waals surface area contributed by atoms with Crippen LogP contribution in [0.15, 0.2) is 77.6 Å². The maximum Gasteiger partial charge on any atom is 0.251 e. The molecule has 1 amide bonds. The number of fused-ring (bicyclic) bond motifs is 1. The number of hydrogen-bond donors (Lipinski definition) is 1. The second kappa shape index (κ2) is 6.57. The smallest absolute Gasteiger partial charge is 0.251 e. The highest BCUT2D eigenvalue weighted by Crippen LogP contribution is 2.29. The van der Waals surface area contributed by atoms with Crippen LogP contribution in [-0.4, -0.2) is 16.0 Å². The molecule has 0 atom stereocenters. The lowest BCUT2D eigenvalue weighted by Gasteiger charge is -2.05. The first-order chi connectivity index (χ1) is 12.3. The molecule has 0 aliphatic carbocycles. The van der Waals surface area contributed by atoms with Crippen molar-refractivity contribution in [1.29, 1.82) is 0 Å². The number of hydrogen-bond acceptors (Lipinski definition) is 4. The van der Waals surface area contributed by atoms with Crippen molar-refractivity contribution >= 4 is 16.8 Å². The van der Waals surface area contributed by atoms with E-state index in [-0.39, 0.29) is 5.91 Å². The van der Waals surface area contributed by atoms with Crippen LogP contribution in [0.2, 0.25) is 0 Å². The van der Waals surface area contributed by atoms with Crippen LogP contribution in [-0.2, 0) is 6.54 Å². The lowest BCUT2D eigenvalue weighted by molar-refractivity contribution is 0.0951. The minimum Gasteiger partial charge on any atom is -0.355 e. The van der Waals surface area contributed by atoms with Gasteiger partial charge in [-0.3, -0.25) is 9.78 Å². The number of nitrogens with zero attached hydrogens (tertiary/aromatic N) is 2. The summed E-state index contributed by atoms with van der Waals surface area (Å²) in [4.78, 5) is 16.4. The molecule has 0 saturated heterocycles. The molecule has 0 aliphatic heterocycles. The summed E-state index contributed by atoms with van der Waals surface area (Å²) in [5, 5.41) is 7.81. The van der Waals surface area contributed by atoms with E-state index in [2.05, 4.69) is 15.5 Å². The second-order valence-corrected chi connectivity index (χ2v) is 5.65. The third kappa shape index (κ3) is 3.12. The summed E-state index contributed by atoms with van der Waals surface area (Å²) >= 11 is 0. The van der Waals surface area contributed by atoms with Gasteiger partial charge >= 0.3 is 0 Å². The van der Waals surface area contributed by atoms with Gasteiger partial charge in [-0.1, -0.05) is 35.5 Å². The molecule has 2 heterocycles. The van der Waals surface area contributed by atoms with Crippen molar-refractivity contribution in [3.63, 3.8) is 0 Å². The zero-order valence-corrected chi connectivity index (χ0v) is 13.3. The fourth-order valence-corrected chi connectivity index (χ4v) is 2.67. The highest BCUT2D eigenvalue weighted by Gasteiger charge is 2.13. The monoisotopic (exact) mass is 329 g/mol. The molecule has 0 fully saturated rings. The Morgan fingerprint density at radius 1 is 1.00 bits per heavy atom. The summed E-state index contributed by atoms with van der Waals surface area (Å²) < 4.78 is 5.48. The molecule has 5 heteroatoms. The number of aromatic nitrogens is 2. The van der Waals surface area contributed by atoms with Gasteiger partial charge in [0.15, 0.2) is 5.76 Å². The number of amides is 1. The van der Waals surface area contributed by atoms with Crippen LogP contribution in [0.1, 0.15) is 15.9 Å². The fraction of sp³-hybridized carbons (Fsp3) is 0.0500. The zero-order valence-electron chi connectivity index (χ0n) is 13.3. The largest absolute Gasteiger partial charge is 0.355 e. The predicted octanol–water partition coefficient (Wildman–Crippen LogP) is 3.82. The molecule has 0 aliphatic rings. The topological polar surface area (TPSA) is 68.0 Å². The molecule has 122 valence electrons. The molecule has 0 radical (unpaired) electrons. The Balaban J connectivity index is 1.61. The maximum atomic E-state index is 12.5. The number of carbonyl (C=O) groups is 1. The molecule has 25 heavy (non-hydrogen) atoms. The maximum absolute atomic E-state index is 12.5. The summed E-state index contributed by atoms with van der Waals surface area (Å²) in [6.07, 6.45) is 3.41. The van der Waals surface area contributed by atoms with Crippen molar-refractivity contribution in [3.05, 3.63) is 84.2 Å². The van der Waals surface area contributed by atoms with Gasteiger partial charge in [-0.15, -0.1) is 0 Å². The molecule has 5 nitrogen and oxygen atoms in total. The SMILES string of the molecule is O=C(NCc1ccncc1)c1ccc2noc(-c3ccccc3)c2c1. The first-order valence-electron chi connectivity index (χ1n) is 7.93. The van der Waals surface area contributed by atoms with E-state index in [1.807, 2.05) is 48.5 Å². The molecule has 2 aromatic carbocycles. The van der Waals surface area contributed by atoms with Gasteiger partial charge in [0.05, 0.1) is 5.39 Å². The molecule has 2 aromatic heterocycles. The van der Waals surface area contributed by atoms with Crippen LogP contribution < -0.4 is 5.32 Å². The minimum absolute atomic E-state index is 0.140. The van der Waals surface area contributed by atoms with Crippen molar-refractivity contribution in [3.8, 4) is 11.3 Å². The summed E-state index contributed by atoms with van der Waals surface area (Å²) in [7, 11) is 0. The van der Waals surface area contributed by atoms with Gasteiger partial charge in [0.25, 0.3) is 5.91 Å². The lowest BCUT2D eigenvalue weighted by atomic mass is 10.1. The van der Waals surface area contributed by atoms with E-state index in [4.69, 9.17) is 4.52 Å². The van der Waals surface area contributed by atoms with Crippen LogP contribution in [0.4, 0.5) is 0 Å². The standard InChI is InChI=1S/C20H15N3O2/c24-20(22-13-14-8-10-21-11-9-14)16-6-7-18-17(12-16)19(25-23-18)15-4-2-1-3-5-15/h1-12H,13H2,(H,22,24). The summed E-state index contributed by atoms with van der Waals surface area (Å²) in [5.41, 5.74) is 3.23. The summed E-state index contributed by atoms with van der Waals surface area (Å²) in [6, 6.07) is 18.8. The van der Waals surface area contributed by atoms with Gasteiger partial charge in [0.2, 0.25) is 0 Å². The molecule has 0 spiro atoms. The van der Waals surface area contributed by atoms with Crippen molar-refractivity contribution in [2.24, 2.45) is 0 Å².